The quantitative estimate of drug-likeness (QED) is 0.354. The molecule has 0 spiro atoms. The number of rotatable bonds is 7. The Bertz CT molecular complexity index is 1520. The lowest BCUT2D eigenvalue weighted by Gasteiger charge is -2.37. The van der Waals surface area contributed by atoms with Crippen LogP contribution in [0.5, 0.6) is 0 Å². The molecule has 220 valence electrons. The fourth-order valence-electron chi connectivity index (χ4n) is 5.20. The second-order valence-electron chi connectivity index (χ2n) is 10.2. The molecule has 1 saturated heterocycles. The van der Waals surface area contributed by atoms with E-state index in [9.17, 15) is 32.7 Å². The number of amides is 3. The van der Waals surface area contributed by atoms with Crippen molar-refractivity contribution in [1.29, 1.82) is 0 Å². The maximum Gasteiger partial charge on any atom is 0.416 e. The van der Waals surface area contributed by atoms with Crippen LogP contribution in [0.1, 0.15) is 32.7 Å². The molecule has 0 radical (unpaired) electrons. The molecule has 3 amide bonds. The number of hydrogen-bond acceptors (Lipinski definition) is 7. The monoisotopic (exact) mass is 618 g/mol. The van der Waals surface area contributed by atoms with Gasteiger partial charge < -0.3 is 15.3 Å². The van der Waals surface area contributed by atoms with Gasteiger partial charge in [-0.3, -0.25) is 24.2 Å². The van der Waals surface area contributed by atoms with Gasteiger partial charge in [-0.1, -0.05) is 42.0 Å². The zero-order valence-electron chi connectivity index (χ0n) is 22.2. The smallest absolute Gasteiger partial charge is 0.390 e. The second kappa shape index (κ2) is 12.0. The van der Waals surface area contributed by atoms with Gasteiger partial charge in [0.2, 0.25) is 0 Å². The zero-order valence-corrected chi connectivity index (χ0v) is 23.7. The van der Waals surface area contributed by atoms with Crippen molar-refractivity contribution in [3.63, 3.8) is 0 Å². The van der Waals surface area contributed by atoms with Gasteiger partial charge in [0.25, 0.3) is 17.7 Å². The predicted molar refractivity (Wildman–Crippen MR) is 156 cm³/mol. The molecule has 1 atom stereocenters. The van der Waals surface area contributed by atoms with Gasteiger partial charge in [-0.2, -0.15) is 13.2 Å². The fraction of sp³-hybridized carbons (Fsp3) is 0.310. The van der Waals surface area contributed by atoms with Gasteiger partial charge in [-0.25, -0.2) is 0 Å². The molecule has 1 unspecified atom stereocenters. The van der Waals surface area contributed by atoms with E-state index >= 15 is 0 Å². The van der Waals surface area contributed by atoms with Crippen molar-refractivity contribution in [2.24, 2.45) is 0 Å². The Morgan fingerprint density at radius 1 is 1.05 bits per heavy atom. The first-order valence-corrected chi connectivity index (χ1v) is 13.9. The summed E-state index contributed by atoms with van der Waals surface area (Å²) in [4.78, 5) is 44.4. The number of carbonyl (C=O) groups is 3. The molecule has 42 heavy (non-hydrogen) atoms. The number of carbonyl (C=O) groups excluding carboxylic acids is 3. The van der Waals surface area contributed by atoms with Crippen molar-refractivity contribution in [3.8, 4) is 0 Å². The number of piperazine rings is 1. The van der Waals surface area contributed by atoms with Crippen LogP contribution in [0.2, 0.25) is 0 Å². The van der Waals surface area contributed by atoms with Gasteiger partial charge in [0.05, 0.1) is 40.6 Å². The highest BCUT2D eigenvalue weighted by atomic mass is 35.5. The normalized spacial score (nSPS) is 18.5. The minimum absolute atomic E-state index is 0.0294. The van der Waals surface area contributed by atoms with Gasteiger partial charge in [0, 0.05) is 54.7 Å². The fourth-order valence-corrected chi connectivity index (χ4v) is 5.62. The summed E-state index contributed by atoms with van der Waals surface area (Å²) in [6.45, 7) is 1.75. The van der Waals surface area contributed by atoms with Crippen molar-refractivity contribution in [1.82, 2.24) is 9.80 Å². The molecular weight excluding hydrogens is 593 g/mol. The highest BCUT2D eigenvalue weighted by molar-refractivity contribution is 7.81. The molecule has 0 saturated carbocycles. The number of aliphatic hydroxyl groups is 1. The Labute approximate surface area is 250 Å². The lowest BCUT2D eigenvalue weighted by Crippen LogP contribution is -2.50. The Balaban J connectivity index is 1.19. The average Bonchev–Trinajstić information content (AvgIpc) is 3.19. The summed E-state index contributed by atoms with van der Waals surface area (Å²) >= 11 is 11.3. The molecule has 8 nitrogen and oxygen atoms in total. The van der Waals surface area contributed by atoms with Crippen LogP contribution in [0.15, 0.2) is 65.2 Å². The van der Waals surface area contributed by atoms with E-state index in [1.165, 1.54) is 24.3 Å². The standard InChI is InChI=1S/C29H26ClF3N4O4S/c30-18-7-8-24(42)22(14-18)26(39)34-23-6-2-5-21-25(23)28(41)37(27(21)40)16-20(38)15-35-9-11-36(12-10-35)19-4-1-3-17(13-19)29(31,32)33/h1-7,13-14,20,38H,8-12,15-16H2,(H,34,39). The average molecular weight is 619 g/mol. The third-order valence-corrected chi connectivity index (χ3v) is 7.98. The topological polar surface area (TPSA) is 93.2 Å². The van der Waals surface area contributed by atoms with Gasteiger partial charge in [-0.05, 0) is 36.4 Å². The molecule has 2 heterocycles. The highest BCUT2D eigenvalue weighted by Crippen LogP contribution is 2.33. The van der Waals surface area contributed by atoms with Crippen molar-refractivity contribution < 1.29 is 32.7 Å². The largest absolute Gasteiger partial charge is 0.416 e. The third-order valence-electron chi connectivity index (χ3n) is 7.33. The highest BCUT2D eigenvalue weighted by Gasteiger charge is 2.39. The number of β-amino-alcohol motifs (C(OH)–C–C–N with tert-alkyl or cyclic N) is 1. The summed E-state index contributed by atoms with van der Waals surface area (Å²) in [5, 5.41) is 13.8. The molecular formula is C29H26ClF3N4O4S. The van der Waals surface area contributed by atoms with E-state index in [0.717, 1.165) is 17.0 Å². The summed E-state index contributed by atoms with van der Waals surface area (Å²) in [7, 11) is 0. The number of halogens is 4. The van der Waals surface area contributed by atoms with Crippen LogP contribution in [0, 0.1) is 0 Å². The number of anilines is 2. The first-order valence-electron chi connectivity index (χ1n) is 13.2. The molecule has 5 rings (SSSR count). The van der Waals surface area contributed by atoms with Crippen LogP contribution in [-0.4, -0.2) is 82.9 Å². The first kappa shape index (κ1) is 29.9. The van der Waals surface area contributed by atoms with E-state index in [1.807, 2.05) is 9.80 Å². The van der Waals surface area contributed by atoms with E-state index in [2.05, 4.69) is 5.32 Å². The van der Waals surface area contributed by atoms with Crippen LogP contribution in [-0.2, 0) is 11.0 Å². The van der Waals surface area contributed by atoms with Crippen LogP contribution in [0.25, 0.3) is 0 Å². The number of alkyl halides is 3. The molecule has 2 aromatic rings. The summed E-state index contributed by atoms with van der Waals surface area (Å²) in [6, 6.07) is 9.70. The van der Waals surface area contributed by atoms with Crippen LogP contribution < -0.4 is 10.2 Å². The Morgan fingerprint density at radius 2 is 1.76 bits per heavy atom. The summed E-state index contributed by atoms with van der Waals surface area (Å²) in [5.41, 5.74) is 0.248. The number of aliphatic hydroxyl groups excluding tert-OH is 1. The number of thiocarbonyl (C=S) groups is 1. The van der Waals surface area contributed by atoms with E-state index in [-0.39, 0.29) is 35.5 Å². The number of allylic oxidation sites excluding steroid dienone is 3. The van der Waals surface area contributed by atoms with Gasteiger partial charge in [-0.15, -0.1) is 0 Å². The van der Waals surface area contributed by atoms with Gasteiger partial charge >= 0.3 is 6.18 Å². The predicted octanol–water partition coefficient (Wildman–Crippen LogP) is 4.25. The lowest BCUT2D eigenvalue weighted by atomic mass is 10.0. The van der Waals surface area contributed by atoms with Gasteiger partial charge in [0.1, 0.15) is 0 Å². The Kier molecular flexibility index (Phi) is 8.51. The van der Waals surface area contributed by atoms with Crippen molar-refractivity contribution >= 4 is 57.8 Å². The molecule has 0 bridgehead atoms. The number of hydrogen-bond donors (Lipinski definition) is 2. The zero-order chi connectivity index (χ0) is 30.2. The number of nitrogens with zero attached hydrogens (tertiary/aromatic N) is 3. The number of imide groups is 1. The molecule has 1 fully saturated rings. The molecule has 0 aromatic heterocycles. The summed E-state index contributed by atoms with van der Waals surface area (Å²) < 4.78 is 39.3. The minimum Gasteiger partial charge on any atom is -0.390 e. The SMILES string of the molecule is O=C(Nc1cccc2c1C(=O)N(CC(O)CN1CCN(c3cccc(C(F)(F)F)c3)CC1)C2=O)C1=CC(Cl)=CCC1=S. The number of fused-ring (bicyclic) bond motifs is 1. The van der Waals surface area contributed by atoms with Crippen molar-refractivity contribution in [3.05, 3.63) is 81.9 Å². The Morgan fingerprint density at radius 3 is 2.48 bits per heavy atom. The summed E-state index contributed by atoms with van der Waals surface area (Å²) in [6.07, 6.45) is -2.03. The van der Waals surface area contributed by atoms with E-state index in [0.29, 0.717) is 48.2 Å². The van der Waals surface area contributed by atoms with Crippen LogP contribution >= 0.6 is 23.8 Å². The lowest BCUT2D eigenvalue weighted by molar-refractivity contribution is -0.137. The Hall–Kier alpha value is -3.58. The van der Waals surface area contributed by atoms with E-state index in [4.69, 9.17) is 23.8 Å². The minimum atomic E-state index is -4.43. The van der Waals surface area contributed by atoms with Crippen molar-refractivity contribution in [2.75, 3.05) is 49.5 Å². The molecule has 1 aliphatic carbocycles. The molecule has 13 heteroatoms. The van der Waals surface area contributed by atoms with Crippen LogP contribution in [0.3, 0.4) is 0 Å². The molecule has 3 aliphatic rings. The summed E-state index contributed by atoms with van der Waals surface area (Å²) in [5.74, 6) is -1.78. The molecule has 2 N–H and O–H groups in total. The third kappa shape index (κ3) is 6.26. The van der Waals surface area contributed by atoms with E-state index in [1.54, 1.807) is 18.2 Å². The maximum atomic E-state index is 13.3. The first-order chi connectivity index (χ1) is 19.9. The van der Waals surface area contributed by atoms with Crippen LogP contribution in [0.4, 0.5) is 24.5 Å². The van der Waals surface area contributed by atoms with Gasteiger partial charge in [0.15, 0.2) is 0 Å². The number of nitrogens with one attached hydrogen (secondary N) is 1. The second-order valence-corrected chi connectivity index (χ2v) is 11.1. The number of benzene rings is 2. The van der Waals surface area contributed by atoms with Crippen molar-refractivity contribution in [2.45, 2.75) is 18.7 Å². The van der Waals surface area contributed by atoms with E-state index < -0.39 is 35.6 Å². The molecule has 2 aromatic carbocycles. The maximum absolute atomic E-state index is 13.3. The molecule has 2 aliphatic heterocycles.